The number of piperazine rings is 1. The Balaban J connectivity index is 2.07. The monoisotopic (exact) mass is 344 g/mol. The minimum Gasteiger partial charge on any atom is -0.353 e. The fourth-order valence-corrected chi connectivity index (χ4v) is 2.76. The van der Waals surface area contributed by atoms with E-state index in [4.69, 9.17) is 0 Å². The number of aromatic nitrogens is 2. The van der Waals surface area contributed by atoms with Gasteiger partial charge >= 0.3 is 0 Å². The van der Waals surface area contributed by atoms with Crippen molar-refractivity contribution in [3.8, 4) is 5.69 Å². The van der Waals surface area contributed by atoms with Gasteiger partial charge in [-0.3, -0.25) is 14.4 Å². The van der Waals surface area contributed by atoms with E-state index >= 15 is 0 Å². The number of carbonyl (C=O) groups excluding carboxylic acids is 2. The molecule has 8 heteroatoms. The number of nitrogens with one attached hydrogen (secondary N) is 1. The van der Waals surface area contributed by atoms with Crippen LogP contribution >= 0.6 is 0 Å². The quantitative estimate of drug-likeness (QED) is 0.867. The van der Waals surface area contributed by atoms with Gasteiger partial charge < -0.3 is 10.2 Å². The number of hydrogen-bond donors (Lipinski definition) is 1. The minimum atomic E-state index is -0.703. The molecule has 0 bridgehead atoms. The number of hydrogen-bond acceptors (Lipinski definition) is 4. The molecule has 0 aliphatic carbocycles. The third-order valence-electron chi connectivity index (χ3n) is 4.15. The molecule has 1 aromatic heterocycles. The first kappa shape index (κ1) is 16.8. The number of nitrogens with zero attached hydrogens (tertiary/aromatic N) is 3. The van der Waals surface area contributed by atoms with Crippen molar-refractivity contribution < 1.29 is 14.0 Å². The summed E-state index contributed by atoms with van der Waals surface area (Å²) in [7, 11) is 0. The van der Waals surface area contributed by atoms with Crippen LogP contribution in [-0.2, 0) is 4.79 Å². The van der Waals surface area contributed by atoms with E-state index in [1.165, 1.54) is 33.8 Å². The molecule has 130 valence electrons. The van der Waals surface area contributed by atoms with Gasteiger partial charge in [0, 0.05) is 24.8 Å². The molecule has 0 radical (unpaired) electrons. The Bertz CT molecular complexity index is 909. The second kappa shape index (κ2) is 6.46. The molecule has 1 atom stereocenters. The van der Waals surface area contributed by atoms with E-state index in [2.05, 4.69) is 10.4 Å². The van der Waals surface area contributed by atoms with E-state index in [9.17, 15) is 18.8 Å². The highest BCUT2D eigenvalue weighted by Crippen LogP contribution is 2.14. The van der Waals surface area contributed by atoms with Gasteiger partial charge in [-0.05, 0) is 26.0 Å². The SMILES string of the molecule is Cc1cc(=O)c(C(=O)N2CCNC(=O)C2C)nn1-c1ccccc1F. The fraction of sp³-hybridized carbons (Fsp3) is 0.294. The van der Waals surface area contributed by atoms with E-state index in [1.807, 2.05) is 0 Å². The molecular formula is C17H17FN4O3. The molecule has 1 aliphatic heterocycles. The van der Waals surface area contributed by atoms with Gasteiger partial charge in [-0.1, -0.05) is 12.1 Å². The summed E-state index contributed by atoms with van der Waals surface area (Å²) in [6, 6.07) is 6.48. The maximum atomic E-state index is 14.1. The van der Waals surface area contributed by atoms with Crippen molar-refractivity contribution in [1.82, 2.24) is 20.0 Å². The van der Waals surface area contributed by atoms with E-state index in [-0.39, 0.29) is 23.8 Å². The lowest BCUT2D eigenvalue weighted by molar-refractivity contribution is -0.127. The van der Waals surface area contributed by atoms with Gasteiger partial charge in [0.05, 0.1) is 0 Å². The topological polar surface area (TPSA) is 84.3 Å². The molecule has 0 saturated carbocycles. The standard InChI is InChI=1S/C17H17FN4O3/c1-10-9-14(23)15(17(25)21-8-7-19-16(24)11(21)2)20-22(10)13-6-4-3-5-12(13)18/h3-6,9,11H,7-8H2,1-2H3,(H,19,24). The average Bonchev–Trinajstić information content (AvgIpc) is 2.58. The predicted octanol–water partition coefficient (Wildman–Crippen LogP) is 0.641. The number of amides is 2. The summed E-state index contributed by atoms with van der Waals surface area (Å²) in [6.07, 6.45) is 0. The molecule has 2 amide bonds. The number of aryl methyl sites for hydroxylation is 1. The van der Waals surface area contributed by atoms with Crippen molar-refractivity contribution in [1.29, 1.82) is 0 Å². The summed E-state index contributed by atoms with van der Waals surface area (Å²) in [5, 5.41) is 6.73. The second-order valence-corrected chi connectivity index (χ2v) is 5.83. The first-order chi connectivity index (χ1) is 11.9. The van der Waals surface area contributed by atoms with Gasteiger partial charge in [-0.2, -0.15) is 5.10 Å². The highest BCUT2D eigenvalue weighted by Gasteiger charge is 2.32. The van der Waals surface area contributed by atoms with Crippen molar-refractivity contribution >= 4 is 11.8 Å². The van der Waals surface area contributed by atoms with E-state index < -0.39 is 23.2 Å². The first-order valence-corrected chi connectivity index (χ1v) is 7.84. The highest BCUT2D eigenvalue weighted by atomic mass is 19.1. The smallest absolute Gasteiger partial charge is 0.279 e. The molecule has 3 rings (SSSR count). The third-order valence-corrected chi connectivity index (χ3v) is 4.15. The second-order valence-electron chi connectivity index (χ2n) is 5.83. The van der Waals surface area contributed by atoms with Crippen LogP contribution in [-0.4, -0.2) is 45.6 Å². The zero-order valence-electron chi connectivity index (χ0n) is 13.8. The molecular weight excluding hydrogens is 327 g/mol. The maximum Gasteiger partial charge on any atom is 0.279 e. The van der Waals surface area contributed by atoms with Crippen LogP contribution in [0.3, 0.4) is 0 Å². The normalized spacial score (nSPS) is 17.3. The molecule has 0 spiro atoms. The fourth-order valence-electron chi connectivity index (χ4n) is 2.76. The first-order valence-electron chi connectivity index (χ1n) is 7.84. The molecule has 1 fully saturated rings. The van der Waals surface area contributed by atoms with Crippen molar-refractivity contribution in [2.75, 3.05) is 13.1 Å². The summed E-state index contributed by atoms with van der Waals surface area (Å²) in [4.78, 5) is 38.0. The van der Waals surface area contributed by atoms with Gasteiger partial charge in [0.1, 0.15) is 17.5 Å². The summed E-state index contributed by atoms with van der Waals surface area (Å²) in [5.74, 6) is -1.45. The number of rotatable bonds is 2. The Hall–Kier alpha value is -3.03. The third kappa shape index (κ3) is 3.02. The van der Waals surface area contributed by atoms with Gasteiger partial charge in [0.2, 0.25) is 11.3 Å². The Labute approximate surface area is 143 Å². The lowest BCUT2D eigenvalue weighted by Gasteiger charge is -2.32. The molecule has 1 N–H and O–H groups in total. The van der Waals surface area contributed by atoms with Gasteiger partial charge in [-0.25, -0.2) is 9.07 Å². The summed E-state index contributed by atoms with van der Waals surface area (Å²) >= 11 is 0. The van der Waals surface area contributed by atoms with Crippen LogP contribution in [0.4, 0.5) is 4.39 Å². The molecule has 2 heterocycles. The van der Waals surface area contributed by atoms with Gasteiger partial charge in [0.25, 0.3) is 5.91 Å². The summed E-state index contributed by atoms with van der Waals surface area (Å²) < 4.78 is 15.3. The number of benzene rings is 1. The number of halogens is 1. The molecule has 1 aromatic carbocycles. The van der Waals surface area contributed by atoms with Crippen LogP contribution < -0.4 is 10.7 Å². The Morgan fingerprint density at radius 1 is 1.32 bits per heavy atom. The van der Waals surface area contributed by atoms with Gasteiger partial charge in [0.15, 0.2) is 5.69 Å². The lowest BCUT2D eigenvalue weighted by Crippen LogP contribution is -2.56. The molecule has 1 unspecified atom stereocenters. The van der Waals surface area contributed by atoms with Crippen LogP contribution in [0.2, 0.25) is 0 Å². The predicted molar refractivity (Wildman–Crippen MR) is 88.0 cm³/mol. The van der Waals surface area contributed by atoms with Gasteiger partial charge in [-0.15, -0.1) is 0 Å². The lowest BCUT2D eigenvalue weighted by atomic mass is 10.2. The van der Waals surface area contributed by atoms with Crippen molar-refractivity contribution in [3.63, 3.8) is 0 Å². The van der Waals surface area contributed by atoms with Crippen molar-refractivity contribution in [2.24, 2.45) is 0 Å². The average molecular weight is 344 g/mol. The Morgan fingerprint density at radius 2 is 2.04 bits per heavy atom. The van der Waals surface area contributed by atoms with Crippen LogP contribution in [0.5, 0.6) is 0 Å². The molecule has 1 saturated heterocycles. The van der Waals surface area contributed by atoms with E-state index in [0.29, 0.717) is 12.2 Å². The zero-order chi connectivity index (χ0) is 18.1. The number of para-hydroxylation sites is 1. The van der Waals surface area contributed by atoms with Crippen LogP contribution in [0.25, 0.3) is 5.69 Å². The zero-order valence-corrected chi connectivity index (χ0v) is 13.8. The molecule has 7 nitrogen and oxygen atoms in total. The highest BCUT2D eigenvalue weighted by molar-refractivity contribution is 5.96. The van der Waals surface area contributed by atoms with Crippen LogP contribution in [0.1, 0.15) is 23.1 Å². The summed E-state index contributed by atoms with van der Waals surface area (Å²) in [5.41, 5.74) is -0.363. The van der Waals surface area contributed by atoms with Crippen molar-refractivity contribution in [2.45, 2.75) is 19.9 Å². The van der Waals surface area contributed by atoms with E-state index in [1.54, 1.807) is 19.9 Å². The Morgan fingerprint density at radius 3 is 2.76 bits per heavy atom. The molecule has 2 aromatic rings. The molecule has 1 aliphatic rings. The summed E-state index contributed by atoms with van der Waals surface area (Å²) in [6.45, 7) is 3.77. The largest absolute Gasteiger partial charge is 0.353 e. The molecule has 25 heavy (non-hydrogen) atoms. The van der Waals surface area contributed by atoms with Crippen molar-refractivity contribution in [3.05, 3.63) is 57.8 Å². The Kier molecular flexibility index (Phi) is 4.35. The number of carbonyl (C=O) groups is 2. The van der Waals surface area contributed by atoms with Crippen LogP contribution in [0, 0.1) is 12.7 Å². The van der Waals surface area contributed by atoms with E-state index in [0.717, 1.165) is 0 Å². The minimum absolute atomic E-state index is 0.137. The van der Waals surface area contributed by atoms with Crippen LogP contribution in [0.15, 0.2) is 35.1 Å². The maximum absolute atomic E-state index is 14.1.